The quantitative estimate of drug-likeness (QED) is 0.159. The Morgan fingerprint density at radius 2 is 2.00 bits per heavy atom. The van der Waals surface area contributed by atoms with Crippen LogP contribution in [-0.4, -0.2) is 40.6 Å². The molecule has 1 atom stereocenters. The molecule has 38 heavy (non-hydrogen) atoms. The summed E-state index contributed by atoms with van der Waals surface area (Å²) in [5, 5.41) is 9.31. The van der Waals surface area contributed by atoms with Crippen LogP contribution in [0.1, 0.15) is 57.7 Å². The molecular weight excluding hydrogens is 524 g/mol. The number of benzene rings is 2. The van der Waals surface area contributed by atoms with Crippen LogP contribution in [0.5, 0.6) is 11.5 Å². The average molecular weight is 557 g/mol. The normalized spacial score (nSPS) is 14.8. The van der Waals surface area contributed by atoms with E-state index in [0.717, 1.165) is 24.0 Å². The molecule has 0 amide bonds. The fourth-order valence-corrected chi connectivity index (χ4v) is 5.23. The minimum Gasteiger partial charge on any atom is -0.493 e. The number of rotatable bonds is 11. The van der Waals surface area contributed by atoms with E-state index in [9.17, 15) is 4.79 Å². The molecule has 1 aliphatic heterocycles. The van der Waals surface area contributed by atoms with Gasteiger partial charge in [0.25, 0.3) is 0 Å². The van der Waals surface area contributed by atoms with Gasteiger partial charge in [-0.3, -0.25) is 0 Å². The molecule has 1 N–H and O–H groups in total. The zero-order valence-corrected chi connectivity index (χ0v) is 23.9. The second-order valence-electron chi connectivity index (χ2n) is 9.18. The van der Waals surface area contributed by atoms with Crippen molar-refractivity contribution in [1.82, 2.24) is 14.8 Å². The Kier molecular flexibility index (Phi) is 9.22. The molecule has 1 aromatic heterocycles. The Balaban J connectivity index is 1.72. The van der Waals surface area contributed by atoms with Crippen LogP contribution in [-0.2, 0) is 15.3 Å². The summed E-state index contributed by atoms with van der Waals surface area (Å²) in [5.41, 5.74) is 2.94. The van der Waals surface area contributed by atoms with E-state index in [0.29, 0.717) is 51.3 Å². The summed E-state index contributed by atoms with van der Waals surface area (Å²) >= 11 is 7.82. The maximum Gasteiger partial charge on any atom is 0.338 e. The molecule has 1 unspecified atom stereocenters. The molecule has 0 spiro atoms. The van der Waals surface area contributed by atoms with Gasteiger partial charge in [0.2, 0.25) is 11.1 Å². The molecule has 0 fully saturated rings. The van der Waals surface area contributed by atoms with Crippen molar-refractivity contribution in [2.45, 2.75) is 63.6 Å². The number of nitrogens with one attached hydrogen (secondary N) is 1. The molecule has 4 rings (SSSR count). The molecule has 202 valence electrons. The molecule has 10 heteroatoms. The Bertz CT molecular complexity index is 1320. The van der Waals surface area contributed by atoms with Crippen molar-refractivity contribution in [3.05, 3.63) is 69.9 Å². The molecule has 0 bridgehead atoms. The van der Waals surface area contributed by atoms with Gasteiger partial charge < -0.3 is 19.5 Å². The van der Waals surface area contributed by atoms with Crippen LogP contribution >= 0.6 is 23.4 Å². The van der Waals surface area contributed by atoms with E-state index in [1.54, 1.807) is 11.8 Å². The smallest absolute Gasteiger partial charge is 0.338 e. The lowest BCUT2D eigenvalue weighted by Gasteiger charge is -2.28. The summed E-state index contributed by atoms with van der Waals surface area (Å²) in [5.74, 6) is 1.96. The van der Waals surface area contributed by atoms with Crippen molar-refractivity contribution in [2.75, 3.05) is 19.0 Å². The number of carbonyl (C=O) groups excluding carboxylic acids is 1. The predicted molar refractivity (Wildman–Crippen MR) is 150 cm³/mol. The molecule has 0 saturated carbocycles. The van der Waals surface area contributed by atoms with Crippen LogP contribution in [0, 0.1) is 0 Å². The highest BCUT2D eigenvalue weighted by molar-refractivity contribution is 7.98. The van der Waals surface area contributed by atoms with Gasteiger partial charge in [-0.15, -0.1) is 5.10 Å². The van der Waals surface area contributed by atoms with Gasteiger partial charge in [0.1, 0.15) is 6.04 Å². The topological polar surface area (TPSA) is 87.5 Å². The number of aromatic nitrogens is 3. The number of methoxy groups -OCH3 is 1. The second kappa shape index (κ2) is 12.6. The zero-order chi connectivity index (χ0) is 27.2. The molecule has 2 heterocycles. The minimum atomic E-state index is -0.565. The number of esters is 1. The Labute approximate surface area is 232 Å². The van der Waals surface area contributed by atoms with Gasteiger partial charge in [-0.1, -0.05) is 61.0 Å². The van der Waals surface area contributed by atoms with Crippen LogP contribution in [0.2, 0.25) is 5.02 Å². The largest absolute Gasteiger partial charge is 0.493 e. The first-order chi connectivity index (χ1) is 18.3. The molecule has 1 aliphatic rings. The number of ether oxygens (including phenoxy) is 3. The van der Waals surface area contributed by atoms with E-state index in [1.807, 2.05) is 63.2 Å². The van der Waals surface area contributed by atoms with Crippen molar-refractivity contribution >= 4 is 35.3 Å². The molecule has 2 aromatic carbocycles. The monoisotopic (exact) mass is 556 g/mol. The van der Waals surface area contributed by atoms with E-state index >= 15 is 0 Å². The molecule has 0 saturated heterocycles. The number of hydrogen-bond donors (Lipinski definition) is 1. The van der Waals surface area contributed by atoms with Crippen molar-refractivity contribution in [2.24, 2.45) is 0 Å². The minimum absolute atomic E-state index is 0.0144. The highest BCUT2D eigenvalue weighted by atomic mass is 35.5. The lowest BCUT2D eigenvalue weighted by molar-refractivity contribution is -0.139. The first kappa shape index (κ1) is 27.9. The van der Waals surface area contributed by atoms with E-state index in [4.69, 9.17) is 35.9 Å². The number of fused-ring (bicyclic) bond motifs is 1. The number of anilines is 1. The van der Waals surface area contributed by atoms with Crippen molar-refractivity contribution < 1.29 is 19.0 Å². The van der Waals surface area contributed by atoms with Gasteiger partial charge in [-0.25, -0.2) is 9.48 Å². The van der Waals surface area contributed by atoms with Crippen molar-refractivity contribution in [3.63, 3.8) is 0 Å². The van der Waals surface area contributed by atoms with E-state index < -0.39 is 6.04 Å². The molecular formula is C28H33ClN4O4S. The van der Waals surface area contributed by atoms with Crippen molar-refractivity contribution in [1.29, 1.82) is 0 Å². The Morgan fingerprint density at radius 3 is 2.71 bits per heavy atom. The molecule has 3 aromatic rings. The van der Waals surface area contributed by atoms with Gasteiger partial charge in [-0.2, -0.15) is 4.98 Å². The molecule has 0 radical (unpaired) electrons. The fraction of sp³-hybridized carbons (Fsp3) is 0.393. The lowest BCUT2D eigenvalue weighted by atomic mass is 9.95. The van der Waals surface area contributed by atoms with Crippen LogP contribution in [0.15, 0.2) is 58.9 Å². The highest BCUT2D eigenvalue weighted by Gasteiger charge is 2.36. The number of unbranched alkanes of at least 4 members (excludes halogenated alkanes) is 1. The second-order valence-corrected chi connectivity index (χ2v) is 10.5. The van der Waals surface area contributed by atoms with Crippen LogP contribution in [0.25, 0.3) is 0 Å². The first-order valence-electron chi connectivity index (χ1n) is 12.6. The zero-order valence-electron chi connectivity index (χ0n) is 22.3. The lowest BCUT2D eigenvalue weighted by Crippen LogP contribution is -2.30. The number of hydrogen-bond acceptors (Lipinski definition) is 8. The maximum atomic E-state index is 13.3. The van der Waals surface area contributed by atoms with E-state index in [-0.39, 0.29) is 12.1 Å². The van der Waals surface area contributed by atoms with E-state index in [1.165, 1.54) is 11.8 Å². The van der Waals surface area contributed by atoms with Gasteiger partial charge in [0.15, 0.2) is 11.5 Å². The summed E-state index contributed by atoms with van der Waals surface area (Å²) in [4.78, 5) is 18.1. The number of allylic oxidation sites excluding steroid dienone is 1. The standard InChI is InChI=1S/C28H33ClN4O4S/c1-6-7-14-36-26(34)24-18(4)30-27-31-28(38-16-20-10-8-9-11-21(20)29)32-33(27)25(24)19-12-13-22(37-17(2)3)23(15-19)35-5/h8-13,15,17,25H,6-7,14,16H2,1-5H3,(H,30,31,32). The van der Waals surface area contributed by atoms with Crippen LogP contribution in [0.4, 0.5) is 5.95 Å². The first-order valence-corrected chi connectivity index (χ1v) is 14.0. The third kappa shape index (κ3) is 6.27. The summed E-state index contributed by atoms with van der Waals surface area (Å²) in [7, 11) is 1.60. The number of carbonyl (C=O) groups is 1. The van der Waals surface area contributed by atoms with Gasteiger partial charge >= 0.3 is 5.97 Å². The van der Waals surface area contributed by atoms with Gasteiger partial charge in [0, 0.05) is 16.5 Å². The fourth-order valence-electron chi connectivity index (χ4n) is 4.12. The third-order valence-corrected chi connectivity index (χ3v) is 7.22. The SMILES string of the molecule is CCCCOC(=O)C1=C(C)Nc2nc(SCc3ccccc3Cl)nn2C1c1ccc(OC(C)C)c(OC)c1. The third-order valence-electron chi connectivity index (χ3n) is 5.96. The molecule has 0 aliphatic carbocycles. The van der Waals surface area contributed by atoms with Gasteiger partial charge in [-0.05, 0) is 56.5 Å². The van der Waals surface area contributed by atoms with Crippen LogP contribution in [0.3, 0.4) is 0 Å². The Hall–Kier alpha value is -3.17. The average Bonchev–Trinajstić information content (AvgIpc) is 3.29. The number of thioether (sulfide) groups is 1. The predicted octanol–water partition coefficient (Wildman–Crippen LogP) is 6.65. The number of nitrogens with zero attached hydrogens (tertiary/aromatic N) is 3. The Morgan fingerprint density at radius 1 is 1.21 bits per heavy atom. The summed E-state index contributed by atoms with van der Waals surface area (Å²) in [6.45, 7) is 8.18. The summed E-state index contributed by atoms with van der Waals surface area (Å²) in [6, 6.07) is 12.8. The highest BCUT2D eigenvalue weighted by Crippen LogP contribution is 2.40. The maximum absolute atomic E-state index is 13.3. The van der Waals surface area contributed by atoms with E-state index in [2.05, 4.69) is 12.2 Å². The van der Waals surface area contributed by atoms with Crippen LogP contribution < -0.4 is 14.8 Å². The molecule has 8 nitrogen and oxygen atoms in total. The number of halogens is 1. The summed E-state index contributed by atoms with van der Waals surface area (Å²) < 4.78 is 18.9. The van der Waals surface area contributed by atoms with Crippen molar-refractivity contribution in [3.8, 4) is 11.5 Å². The summed E-state index contributed by atoms with van der Waals surface area (Å²) in [6.07, 6.45) is 1.71. The van der Waals surface area contributed by atoms with Gasteiger partial charge in [0.05, 0.1) is 25.4 Å².